The third-order valence-corrected chi connectivity index (χ3v) is 2.87. The van der Waals surface area contributed by atoms with Gasteiger partial charge < -0.3 is 16.4 Å². The molecule has 18 heavy (non-hydrogen) atoms. The summed E-state index contributed by atoms with van der Waals surface area (Å²) in [6.45, 7) is 7.62. The van der Waals surface area contributed by atoms with Crippen molar-refractivity contribution < 1.29 is 4.79 Å². The summed E-state index contributed by atoms with van der Waals surface area (Å²) in [4.78, 5) is 13.1. The Kier molecular flexibility index (Phi) is 5.00. The molecule has 1 aromatic rings. The molecule has 0 unspecified atom stereocenters. The van der Waals surface area contributed by atoms with E-state index >= 15 is 0 Å². The molecule has 1 amide bonds. The van der Waals surface area contributed by atoms with Gasteiger partial charge in [0.05, 0.1) is 17.9 Å². The van der Waals surface area contributed by atoms with E-state index in [1.807, 2.05) is 23.4 Å². The maximum atomic E-state index is 11.2. The van der Waals surface area contributed by atoms with Crippen LogP contribution in [-0.2, 0) is 11.3 Å². The molecule has 0 aliphatic heterocycles. The average molecular weight is 253 g/mol. The van der Waals surface area contributed by atoms with Crippen LogP contribution >= 0.6 is 0 Å². The van der Waals surface area contributed by atoms with Gasteiger partial charge in [-0.15, -0.1) is 0 Å². The highest BCUT2D eigenvalue weighted by Gasteiger charge is 2.19. The van der Waals surface area contributed by atoms with Gasteiger partial charge in [0.1, 0.15) is 0 Å². The molecule has 0 spiro atoms. The number of rotatable bonds is 7. The highest BCUT2D eigenvalue weighted by Crippen LogP contribution is 2.26. The van der Waals surface area contributed by atoms with Crippen molar-refractivity contribution in [3.63, 3.8) is 0 Å². The van der Waals surface area contributed by atoms with Crippen molar-refractivity contribution in [2.45, 2.75) is 40.2 Å². The van der Waals surface area contributed by atoms with Gasteiger partial charge in [0.25, 0.3) is 0 Å². The van der Waals surface area contributed by atoms with Crippen LogP contribution in [0.15, 0.2) is 0 Å². The van der Waals surface area contributed by atoms with Gasteiger partial charge in [0.15, 0.2) is 5.82 Å². The van der Waals surface area contributed by atoms with Gasteiger partial charge in [0, 0.05) is 13.1 Å². The monoisotopic (exact) mass is 253 g/mol. The fourth-order valence-electron chi connectivity index (χ4n) is 1.93. The van der Waals surface area contributed by atoms with Crippen LogP contribution in [0.3, 0.4) is 0 Å². The Morgan fingerprint density at radius 3 is 2.61 bits per heavy atom. The van der Waals surface area contributed by atoms with Crippen LogP contribution in [0, 0.1) is 6.92 Å². The highest BCUT2D eigenvalue weighted by molar-refractivity contribution is 5.81. The Labute approximate surface area is 108 Å². The number of hydrogen-bond donors (Lipinski definition) is 2. The van der Waals surface area contributed by atoms with Gasteiger partial charge in [-0.05, 0) is 20.3 Å². The predicted octanol–water partition coefficient (Wildman–Crippen LogP) is 0.885. The van der Waals surface area contributed by atoms with Crippen molar-refractivity contribution >= 4 is 17.4 Å². The van der Waals surface area contributed by atoms with E-state index in [9.17, 15) is 4.79 Å². The van der Waals surface area contributed by atoms with Gasteiger partial charge in [-0.2, -0.15) is 5.10 Å². The normalized spacial score (nSPS) is 10.6. The molecule has 4 N–H and O–H groups in total. The first-order chi connectivity index (χ1) is 8.51. The summed E-state index contributed by atoms with van der Waals surface area (Å²) in [5.41, 5.74) is 12.8. The Balaban J connectivity index is 3.06. The molecule has 1 aromatic heterocycles. The molecule has 6 heteroatoms. The molecule has 0 radical (unpaired) electrons. The summed E-state index contributed by atoms with van der Waals surface area (Å²) < 4.78 is 1.82. The summed E-state index contributed by atoms with van der Waals surface area (Å²) in [7, 11) is 0. The van der Waals surface area contributed by atoms with Gasteiger partial charge >= 0.3 is 0 Å². The summed E-state index contributed by atoms with van der Waals surface area (Å²) in [5, 5.41) is 4.36. The van der Waals surface area contributed by atoms with Gasteiger partial charge in [-0.3, -0.25) is 4.79 Å². The zero-order valence-corrected chi connectivity index (χ0v) is 11.4. The van der Waals surface area contributed by atoms with Crippen LogP contribution < -0.4 is 16.4 Å². The molecule has 6 nitrogen and oxygen atoms in total. The number of nitrogens with zero attached hydrogens (tertiary/aromatic N) is 3. The fourth-order valence-corrected chi connectivity index (χ4v) is 1.93. The topological polar surface area (TPSA) is 90.2 Å². The highest BCUT2D eigenvalue weighted by atomic mass is 16.1. The summed E-state index contributed by atoms with van der Waals surface area (Å²) in [6, 6.07) is 0. The maximum Gasteiger partial charge on any atom is 0.236 e. The molecule has 0 saturated heterocycles. The third kappa shape index (κ3) is 3.15. The number of hydrogen-bond acceptors (Lipinski definition) is 4. The van der Waals surface area contributed by atoms with Crippen LogP contribution in [-0.4, -0.2) is 28.8 Å². The van der Waals surface area contributed by atoms with Gasteiger partial charge in [-0.1, -0.05) is 13.3 Å². The standard InChI is InChI=1S/C12H23N5O/c1-4-6-7-16(8-10(13)18)12-11(14)9(3)15-17(12)5-2/h4-8,14H2,1-3H3,(H2,13,18). The lowest BCUT2D eigenvalue weighted by atomic mass is 10.3. The van der Waals surface area contributed by atoms with Crippen molar-refractivity contribution in [2.75, 3.05) is 23.7 Å². The van der Waals surface area contributed by atoms with Crippen molar-refractivity contribution in [2.24, 2.45) is 5.73 Å². The second-order valence-corrected chi connectivity index (χ2v) is 4.38. The minimum atomic E-state index is -0.355. The first-order valence-electron chi connectivity index (χ1n) is 6.37. The minimum absolute atomic E-state index is 0.176. The lowest BCUT2D eigenvalue weighted by molar-refractivity contribution is -0.116. The lowest BCUT2D eigenvalue weighted by Gasteiger charge is -2.24. The van der Waals surface area contributed by atoms with Crippen LogP contribution in [0.4, 0.5) is 11.5 Å². The Hall–Kier alpha value is -1.72. The summed E-state index contributed by atoms with van der Waals surface area (Å²) >= 11 is 0. The zero-order valence-electron chi connectivity index (χ0n) is 11.4. The van der Waals surface area contributed by atoms with E-state index in [1.165, 1.54) is 0 Å². The third-order valence-electron chi connectivity index (χ3n) is 2.87. The molecule has 0 aliphatic rings. The molecule has 0 atom stereocenters. The number of nitrogen functional groups attached to an aromatic ring is 1. The zero-order chi connectivity index (χ0) is 13.7. The first kappa shape index (κ1) is 14.3. The molecule has 1 rings (SSSR count). The minimum Gasteiger partial charge on any atom is -0.394 e. The number of unbranched alkanes of at least 4 members (excludes halogenated alkanes) is 1. The van der Waals surface area contributed by atoms with Crippen LogP contribution in [0.25, 0.3) is 0 Å². The molecule has 0 bridgehead atoms. The van der Waals surface area contributed by atoms with E-state index in [0.29, 0.717) is 5.69 Å². The number of primary amides is 1. The first-order valence-corrected chi connectivity index (χ1v) is 6.37. The molecule has 0 saturated carbocycles. The fraction of sp³-hybridized carbons (Fsp3) is 0.667. The number of aromatic nitrogens is 2. The van der Waals surface area contributed by atoms with E-state index in [2.05, 4.69) is 12.0 Å². The largest absolute Gasteiger partial charge is 0.394 e. The van der Waals surface area contributed by atoms with E-state index in [1.54, 1.807) is 0 Å². The summed E-state index contributed by atoms with van der Waals surface area (Å²) in [5.74, 6) is 0.453. The molecular weight excluding hydrogens is 230 g/mol. The van der Waals surface area contributed by atoms with E-state index < -0.39 is 0 Å². The number of carbonyl (C=O) groups is 1. The lowest BCUT2D eigenvalue weighted by Crippen LogP contribution is -2.36. The quantitative estimate of drug-likeness (QED) is 0.755. The molecule has 0 aliphatic carbocycles. The van der Waals surface area contributed by atoms with Gasteiger partial charge in [-0.25, -0.2) is 4.68 Å². The SMILES string of the molecule is CCCCN(CC(N)=O)c1c(N)c(C)nn1CC. The van der Waals surface area contributed by atoms with Crippen molar-refractivity contribution in [3.05, 3.63) is 5.69 Å². The van der Waals surface area contributed by atoms with E-state index in [0.717, 1.165) is 37.4 Å². The predicted molar refractivity (Wildman–Crippen MR) is 73.4 cm³/mol. The molecule has 0 fully saturated rings. The number of nitrogens with two attached hydrogens (primary N) is 2. The van der Waals surface area contributed by atoms with Crippen LogP contribution in [0.1, 0.15) is 32.4 Å². The average Bonchev–Trinajstić information content (AvgIpc) is 2.60. The molecular formula is C12H23N5O. The molecule has 102 valence electrons. The Morgan fingerprint density at radius 2 is 2.11 bits per heavy atom. The maximum absolute atomic E-state index is 11.2. The second-order valence-electron chi connectivity index (χ2n) is 4.38. The Morgan fingerprint density at radius 1 is 1.44 bits per heavy atom. The van der Waals surface area contributed by atoms with Gasteiger partial charge in [0.2, 0.25) is 5.91 Å². The van der Waals surface area contributed by atoms with Crippen molar-refractivity contribution in [3.8, 4) is 0 Å². The smallest absolute Gasteiger partial charge is 0.236 e. The number of aryl methyl sites for hydroxylation is 2. The van der Waals surface area contributed by atoms with Crippen molar-refractivity contribution in [1.82, 2.24) is 9.78 Å². The number of carbonyl (C=O) groups excluding carboxylic acids is 1. The van der Waals surface area contributed by atoms with Crippen LogP contribution in [0.2, 0.25) is 0 Å². The van der Waals surface area contributed by atoms with Crippen LogP contribution in [0.5, 0.6) is 0 Å². The number of anilines is 2. The molecule has 0 aromatic carbocycles. The second kappa shape index (κ2) is 6.28. The van der Waals surface area contributed by atoms with E-state index in [-0.39, 0.29) is 12.5 Å². The van der Waals surface area contributed by atoms with E-state index in [4.69, 9.17) is 11.5 Å². The summed E-state index contributed by atoms with van der Waals surface area (Å²) in [6.07, 6.45) is 2.04. The Bertz CT molecular complexity index is 413. The number of amides is 1. The van der Waals surface area contributed by atoms with Crippen molar-refractivity contribution in [1.29, 1.82) is 0 Å². The molecule has 1 heterocycles.